The molecule has 1 N–H and O–H groups in total. The summed E-state index contributed by atoms with van der Waals surface area (Å²) in [5.74, 6) is 0.0294. The van der Waals surface area contributed by atoms with Crippen molar-refractivity contribution in [3.05, 3.63) is 18.5 Å². The third kappa shape index (κ3) is 4.05. The first-order valence-corrected chi connectivity index (χ1v) is 11.1. The molecule has 4 rings (SSSR count). The minimum atomic E-state index is -3.03. The molecule has 9 nitrogen and oxygen atoms in total. The van der Waals surface area contributed by atoms with E-state index in [1.165, 1.54) is 0 Å². The van der Waals surface area contributed by atoms with Crippen LogP contribution in [0.4, 0.5) is 5.95 Å². The van der Waals surface area contributed by atoms with Gasteiger partial charge in [-0.15, -0.1) is 0 Å². The van der Waals surface area contributed by atoms with Gasteiger partial charge < -0.3 is 15.1 Å². The lowest BCUT2D eigenvalue weighted by Gasteiger charge is -2.34. The van der Waals surface area contributed by atoms with Gasteiger partial charge in [0.05, 0.1) is 23.3 Å². The fourth-order valence-electron chi connectivity index (χ4n) is 3.79. The first-order chi connectivity index (χ1) is 12.9. The quantitative estimate of drug-likeness (QED) is 0.703. The van der Waals surface area contributed by atoms with Crippen molar-refractivity contribution in [3.8, 4) is 0 Å². The van der Waals surface area contributed by atoms with Crippen molar-refractivity contribution in [3.63, 3.8) is 0 Å². The highest BCUT2D eigenvalue weighted by Crippen LogP contribution is 2.40. The number of carbonyl (C=O) groups excluding carboxylic acids is 2. The number of nitrogens with zero attached hydrogens (tertiary/aromatic N) is 4. The Morgan fingerprint density at radius 1 is 1.07 bits per heavy atom. The molecule has 2 aliphatic heterocycles. The maximum absolute atomic E-state index is 12.7. The molecule has 2 amide bonds. The van der Waals surface area contributed by atoms with E-state index in [-0.39, 0.29) is 41.2 Å². The highest BCUT2D eigenvalue weighted by Gasteiger charge is 2.50. The van der Waals surface area contributed by atoms with Gasteiger partial charge >= 0.3 is 0 Å². The molecule has 1 saturated carbocycles. The molecule has 3 unspecified atom stereocenters. The maximum atomic E-state index is 12.7. The average Bonchev–Trinajstić information content (AvgIpc) is 3.40. The van der Waals surface area contributed by atoms with E-state index in [1.54, 1.807) is 23.4 Å². The molecule has 0 bridgehead atoms. The summed E-state index contributed by atoms with van der Waals surface area (Å²) < 4.78 is 23.0. The van der Waals surface area contributed by atoms with Gasteiger partial charge in [0.2, 0.25) is 17.8 Å². The zero-order chi connectivity index (χ0) is 19.0. The minimum absolute atomic E-state index is 0.00753. The lowest BCUT2D eigenvalue weighted by Crippen LogP contribution is -2.50. The van der Waals surface area contributed by atoms with Gasteiger partial charge in [0.25, 0.3) is 0 Å². The molecule has 0 radical (unpaired) electrons. The third-order valence-corrected chi connectivity index (χ3v) is 7.22. The number of amides is 2. The molecule has 3 heterocycles. The van der Waals surface area contributed by atoms with E-state index in [4.69, 9.17) is 0 Å². The summed E-state index contributed by atoms with van der Waals surface area (Å²) in [4.78, 5) is 37.3. The van der Waals surface area contributed by atoms with Crippen LogP contribution in [0, 0.1) is 11.8 Å². The number of carbonyl (C=O) groups is 2. The van der Waals surface area contributed by atoms with Crippen LogP contribution in [-0.2, 0) is 19.4 Å². The highest BCUT2D eigenvalue weighted by atomic mass is 32.2. The number of hydrogen-bond acceptors (Lipinski definition) is 7. The predicted molar refractivity (Wildman–Crippen MR) is 97.6 cm³/mol. The van der Waals surface area contributed by atoms with Crippen molar-refractivity contribution in [1.29, 1.82) is 0 Å². The largest absolute Gasteiger partial charge is 0.352 e. The molecule has 0 spiro atoms. The summed E-state index contributed by atoms with van der Waals surface area (Å²) >= 11 is 0. The molecular weight excluding hydrogens is 370 g/mol. The van der Waals surface area contributed by atoms with Crippen LogP contribution in [-0.4, -0.2) is 78.8 Å². The van der Waals surface area contributed by atoms with E-state index in [9.17, 15) is 18.0 Å². The molecule has 1 aliphatic carbocycles. The lowest BCUT2D eigenvalue weighted by molar-refractivity contribution is -0.135. The molecule has 3 fully saturated rings. The van der Waals surface area contributed by atoms with Crippen LogP contribution in [0.3, 0.4) is 0 Å². The fourth-order valence-corrected chi connectivity index (χ4v) is 5.46. The van der Waals surface area contributed by atoms with Gasteiger partial charge in [0.15, 0.2) is 9.84 Å². The molecular formula is C17H23N5O4S. The van der Waals surface area contributed by atoms with Crippen LogP contribution in [0.15, 0.2) is 18.5 Å². The van der Waals surface area contributed by atoms with Crippen molar-refractivity contribution in [1.82, 2.24) is 20.2 Å². The molecule has 146 valence electrons. The Morgan fingerprint density at radius 3 is 2.41 bits per heavy atom. The Kier molecular flexibility index (Phi) is 4.75. The Bertz CT molecular complexity index is 823. The van der Waals surface area contributed by atoms with E-state index >= 15 is 0 Å². The second-order valence-electron chi connectivity index (χ2n) is 7.42. The molecule has 27 heavy (non-hydrogen) atoms. The van der Waals surface area contributed by atoms with Crippen LogP contribution >= 0.6 is 0 Å². The topological polar surface area (TPSA) is 113 Å². The summed E-state index contributed by atoms with van der Waals surface area (Å²) in [6.07, 6.45) is 4.40. The zero-order valence-electron chi connectivity index (χ0n) is 15.0. The van der Waals surface area contributed by atoms with E-state index < -0.39 is 9.84 Å². The number of aromatic nitrogens is 2. The standard InChI is InChI=1S/C17H23N5O4S/c23-15(20-12-2-9-27(25,26)11-12)13-10-14(13)16(24)21-5-7-22(8-6-21)17-18-3-1-4-19-17/h1,3-4,12-14H,2,5-11H2,(H,20,23). The summed E-state index contributed by atoms with van der Waals surface area (Å²) in [6, 6.07) is 1.45. The smallest absolute Gasteiger partial charge is 0.226 e. The Hall–Kier alpha value is -2.23. The number of sulfone groups is 1. The van der Waals surface area contributed by atoms with Crippen molar-refractivity contribution >= 4 is 27.6 Å². The first-order valence-electron chi connectivity index (χ1n) is 9.24. The second-order valence-corrected chi connectivity index (χ2v) is 9.65. The van der Waals surface area contributed by atoms with Crippen LogP contribution < -0.4 is 10.2 Å². The van der Waals surface area contributed by atoms with Crippen LogP contribution in [0.25, 0.3) is 0 Å². The zero-order valence-corrected chi connectivity index (χ0v) is 15.8. The summed E-state index contributed by atoms with van der Waals surface area (Å²) in [5, 5.41) is 2.80. The fraction of sp³-hybridized carbons (Fsp3) is 0.647. The van der Waals surface area contributed by atoms with Crippen molar-refractivity contribution in [2.24, 2.45) is 11.8 Å². The van der Waals surface area contributed by atoms with Gasteiger partial charge in [0.1, 0.15) is 0 Å². The monoisotopic (exact) mass is 393 g/mol. The van der Waals surface area contributed by atoms with Gasteiger partial charge in [-0.1, -0.05) is 0 Å². The summed E-state index contributed by atoms with van der Waals surface area (Å²) in [6.45, 7) is 2.50. The minimum Gasteiger partial charge on any atom is -0.352 e. The Labute approximate surface area is 158 Å². The molecule has 2 saturated heterocycles. The van der Waals surface area contributed by atoms with Crippen LogP contribution in [0.1, 0.15) is 12.8 Å². The van der Waals surface area contributed by atoms with Gasteiger partial charge in [-0.25, -0.2) is 18.4 Å². The highest BCUT2D eigenvalue weighted by molar-refractivity contribution is 7.91. The number of nitrogens with one attached hydrogen (secondary N) is 1. The maximum Gasteiger partial charge on any atom is 0.226 e. The number of hydrogen-bond donors (Lipinski definition) is 1. The normalized spacial score (nSPS) is 29.4. The van der Waals surface area contributed by atoms with E-state index in [1.807, 2.05) is 4.90 Å². The number of anilines is 1. The summed E-state index contributed by atoms with van der Waals surface area (Å²) in [5.41, 5.74) is 0. The van der Waals surface area contributed by atoms with Gasteiger partial charge in [-0.2, -0.15) is 0 Å². The third-order valence-electron chi connectivity index (χ3n) is 5.45. The Morgan fingerprint density at radius 2 is 1.78 bits per heavy atom. The Balaban J connectivity index is 1.25. The van der Waals surface area contributed by atoms with E-state index in [0.717, 1.165) is 0 Å². The van der Waals surface area contributed by atoms with Crippen molar-refractivity contribution < 1.29 is 18.0 Å². The number of rotatable bonds is 4. The molecule has 1 aromatic rings. The second kappa shape index (κ2) is 7.06. The molecule has 3 aliphatic rings. The van der Waals surface area contributed by atoms with Crippen LogP contribution in [0.5, 0.6) is 0 Å². The van der Waals surface area contributed by atoms with Crippen LogP contribution in [0.2, 0.25) is 0 Å². The van der Waals surface area contributed by atoms with E-state index in [0.29, 0.717) is 45.0 Å². The average molecular weight is 393 g/mol. The van der Waals surface area contributed by atoms with Crippen molar-refractivity contribution in [2.75, 3.05) is 42.6 Å². The predicted octanol–water partition coefficient (Wildman–Crippen LogP) is -0.935. The SMILES string of the molecule is O=C(NC1CCS(=O)(=O)C1)C1CC1C(=O)N1CCN(c2ncccn2)CC1. The van der Waals surface area contributed by atoms with Gasteiger partial charge in [-0.3, -0.25) is 9.59 Å². The molecule has 1 aromatic heterocycles. The van der Waals surface area contributed by atoms with Gasteiger partial charge in [-0.05, 0) is 18.9 Å². The first kappa shape index (κ1) is 18.1. The number of piperazine rings is 1. The summed E-state index contributed by atoms with van der Waals surface area (Å²) in [7, 11) is -3.03. The lowest BCUT2D eigenvalue weighted by atomic mass is 10.2. The molecule has 0 aromatic carbocycles. The molecule has 3 atom stereocenters. The molecule has 10 heteroatoms. The van der Waals surface area contributed by atoms with Crippen molar-refractivity contribution in [2.45, 2.75) is 18.9 Å². The van der Waals surface area contributed by atoms with Gasteiger partial charge in [0, 0.05) is 44.6 Å². The van der Waals surface area contributed by atoms with E-state index in [2.05, 4.69) is 15.3 Å².